The first-order chi connectivity index (χ1) is 10.5. The molecule has 0 spiro atoms. The summed E-state index contributed by atoms with van der Waals surface area (Å²) in [6.07, 6.45) is -0.960. The Labute approximate surface area is 132 Å². The van der Waals surface area contributed by atoms with E-state index in [1.807, 2.05) is 6.07 Å². The molecular weight excluding hydrogens is 304 g/mol. The van der Waals surface area contributed by atoms with Gasteiger partial charge in [0.05, 0.1) is 24.3 Å². The fraction of sp³-hybridized carbons (Fsp3) is 0.188. The maximum Gasteiger partial charge on any atom is 0.303 e. The Balaban J connectivity index is 2.60. The summed E-state index contributed by atoms with van der Waals surface area (Å²) >= 11 is 6.17. The molecule has 1 atom stereocenters. The number of aromatic nitrogens is 1. The fourth-order valence-corrected chi connectivity index (χ4v) is 2.25. The summed E-state index contributed by atoms with van der Waals surface area (Å²) in [7, 11) is 1.56. The Kier molecular flexibility index (Phi) is 4.64. The van der Waals surface area contributed by atoms with Gasteiger partial charge in [0.25, 0.3) is 0 Å². The summed E-state index contributed by atoms with van der Waals surface area (Å²) in [5.74, 6) is 0.119. The summed E-state index contributed by atoms with van der Waals surface area (Å²) in [5, 5.41) is 9.95. The van der Waals surface area contributed by atoms with Crippen LogP contribution in [0.3, 0.4) is 0 Å². The fourth-order valence-electron chi connectivity index (χ4n) is 2.01. The summed E-state index contributed by atoms with van der Waals surface area (Å²) in [6.45, 7) is 4.86. The molecule has 0 aliphatic carbocycles. The van der Waals surface area contributed by atoms with Crippen LogP contribution in [-0.4, -0.2) is 18.1 Å². The normalized spacial score (nSPS) is 11.5. The summed E-state index contributed by atoms with van der Waals surface area (Å²) in [6, 6.07) is 8.91. The third-order valence-electron chi connectivity index (χ3n) is 3.03. The number of rotatable bonds is 4. The van der Waals surface area contributed by atoms with Crippen molar-refractivity contribution in [3.63, 3.8) is 0 Å². The highest BCUT2D eigenvalue weighted by molar-refractivity contribution is 6.30. The average molecular weight is 317 g/mol. The standard InChI is InChI=1S/C16H13ClN2O3/c1-9(8-18)15(22-10(2)20)13-7-11-6-12(21-3)4-5-14(11)19-16(13)17/h4-7,15H,1H2,2-3H3. The van der Waals surface area contributed by atoms with Crippen molar-refractivity contribution in [2.45, 2.75) is 13.0 Å². The highest BCUT2D eigenvalue weighted by Crippen LogP contribution is 2.33. The van der Waals surface area contributed by atoms with Gasteiger partial charge in [-0.2, -0.15) is 5.26 Å². The molecule has 112 valence electrons. The number of halogens is 1. The minimum Gasteiger partial charge on any atom is -0.497 e. The number of pyridine rings is 1. The van der Waals surface area contributed by atoms with E-state index < -0.39 is 12.1 Å². The van der Waals surface area contributed by atoms with Crippen LogP contribution in [0.4, 0.5) is 0 Å². The van der Waals surface area contributed by atoms with Crippen LogP contribution in [-0.2, 0) is 9.53 Å². The molecular formula is C16H13ClN2O3. The van der Waals surface area contributed by atoms with E-state index in [-0.39, 0.29) is 10.7 Å². The lowest BCUT2D eigenvalue weighted by atomic mass is 10.0. The van der Waals surface area contributed by atoms with Crippen molar-refractivity contribution in [3.05, 3.63) is 47.1 Å². The maximum atomic E-state index is 11.3. The molecule has 0 fully saturated rings. The van der Waals surface area contributed by atoms with E-state index >= 15 is 0 Å². The third-order valence-corrected chi connectivity index (χ3v) is 3.33. The molecule has 0 bridgehead atoms. The molecule has 0 N–H and O–H groups in total. The van der Waals surface area contributed by atoms with Crippen LogP contribution in [0.5, 0.6) is 5.75 Å². The predicted molar refractivity (Wildman–Crippen MR) is 82.6 cm³/mol. The van der Waals surface area contributed by atoms with Gasteiger partial charge in [-0.1, -0.05) is 18.2 Å². The van der Waals surface area contributed by atoms with Gasteiger partial charge in [0.15, 0.2) is 6.10 Å². The zero-order valence-electron chi connectivity index (χ0n) is 12.1. The van der Waals surface area contributed by atoms with Gasteiger partial charge in [0, 0.05) is 17.9 Å². The average Bonchev–Trinajstić information content (AvgIpc) is 2.50. The van der Waals surface area contributed by atoms with Crippen molar-refractivity contribution in [2.75, 3.05) is 7.11 Å². The first-order valence-electron chi connectivity index (χ1n) is 6.36. The van der Waals surface area contributed by atoms with E-state index in [2.05, 4.69) is 11.6 Å². The lowest BCUT2D eigenvalue weighted by Gasteiger charge is -2.17. The Morgan fingerprint density at radius 2 is 2.18 bits per heavy atom. The second-order valence-electron chi connectivity index (χ2n) is 4.55. The van der Waals surface area contributed by atoms with Gasteiger partial charge in [-0.05, 0) is 24.3 Å². The topological polar surface area (TPSA) is 72.2 Å². The number of fused-ring (bicyclic) bond motifs is 1. The predicted octanol–water partition coefficient (Wildman–Crippen LogP) is 3.58. The number of esters is 1. The monoisotopic (exact) mass is 316 g/mol. The molecule has 1 unspecified atom stereocenters. The highest BCUT2D eigenvalue weighted by atomic mass is 35.5. The molecule has 0 aliphatic rings. The van der Waals surface area contributed by atoms with Crippen molar-refractivity contribution in [2.24, 2.45) is 0 Å². The molecule has 0 aliphatic heterocycles. The number of ether oxygens (including phenoxy) is 2. The van der Waals surface area contributed by atoms with Gasteiger partial charge in [-0.3, -0.25) is 4.79 Å². The van der Waals surface area contributed by atoms with Crippen LogP contribution in [0, 0.1) is 11.3 Å². The molecule has 2 aromatic rings. The molecule has 2 rings (SSSR count). The van der Waals surface area contributed by atoms with E-state index in [1.165, 1.54) is 6.92 Å². The van der Waals surface area contributed by atoms with Crippen molar-refractivity contribution in [3.8, 4) is 11.8 Å². The van der Waals surface area contributed by atoms with Crippen molar-refractivity contribution in [1.29, 1.82) is 5.26 Å². The smallest absolute Gasteiger partial charge is 0.303 e. The van der Waals surface area contributed by atoms with E-state index in [4.69, 9.17) is 26.3 Å². The third kappa shape index (κ3) is 3.18. The van der Waals surface area contributed by atoms with E-state index in [0.29, 0.717) is 16.8 Å². The highest BCUT2D eigenvalue weighted by Gasteiger charge is 2.23. The van der Waals surface area contributed by atoms with Gasteiger partial charge in [-0.25, -0.2) is 4.98 Å². The molecule has 0 radical (unpaired) electrons. The second kappa shape index (κ2) is 6.46. The molecule has 5 nitrogen and oxygen atoms in total. The number of nitriles is 1. The number of benzene rings is 1. The molecule has 22 heavy (non-hydrogen) atoms. The van der Waals surface area contributed by atoms with Gasteiger partial charge in [0.1, 0.15) is 10.9 Å². The number of methoxy groups -OCH3 is 1. The lowest BCUT2D eigenvalue weighted by molar-refractivity contribution is -0.144. The maximum absolute atomic E-state index is 11.3. The quantitative estimate of drug-likeness (QED) is 0.489. The molecule has 1 aromatic carbocycles. The first-order valence-corrected chi connectivity index (χ1v) is 6.74. The number of hydrogen-bond donors (Lipinski definition) is 0. The van der Waals surface area contributed by atoms with E-state index in [9.17, 15) is 4.79 Å². The van der Waals surface area contributed by atoms with Gasteiger partial charge >= 0.3 is 5.97 Å². The second-order valence-corrected chi connectivity index (χ2v) is 4.91. The minimum absolute atomic E-state index is 0.0705. The Bertz CT molecular complexity index is 796. The number of carbonyl (C=O) groups is 1. The van der Waals surface area contributed by atoms with Crippen molar-refractivity contribution >= 4 is 28.5 Å². The molecule has 0 saturated heterocycles. The molecule has 0 saturated carbocycles. The molecule has 6 heteroatoms. The van der Waals surface area contributed by atoms with E-state index in [0.717, 1.165) is 5.39 Å². The zero-order chi connectivity index (χ0) is 16.3. The van der Waals surface area contributed by atoms with Crippen LogP contribution in [0.15, 0.2) is 36.4 Å². The Morgan fingerprint density at radius 1 is 1.45 bits per heavy atom. The Hall–Kier alpha value is -2.58. The molecule has 1 heterocycles. The number of nitrogens with zero attached hydrogens (tertiary/aromatic N) is 2. The van der Waals surface area contributed by atoms with Crippen molar-refractivity contribution in [1.82, 2.24) is 4.98 Å². The summed E-state index contributed by atoms with van der Waals surface area (Å²) < 4.78 is 10.3. The van der Waals surface area contributed by atoms with Gasteiger partial charge in [0.2, 0.25) is 0 Å². The van der Waals surface area contributed by atoms with Crippen LogP contribution in [0.2, 0.25) is 5.15 Å². The SMILES string of the molecule is C=C(C#N)C(OC(C)=O)c1cc2cc(OC)ccc2nc1Cl. The molecule has 1 aromatic heterocycles. The van der Waals surface area contributed by atoms with Crippen LogP contribution < -0.4 is 4.74 Å². The first kappa shape index (κ1) is 15.8. The Morgan fingerprint density at radius 3 is 2.77 bits per heavy atom. The summed E-state index contributed by atoms with van der Waals surface area (Å²) in [5.41, 5.74) is 1.14. The largest absolute Gasteiger partial charge is 0.497 e. The minimum atomic E-state index is -0.960. The lowest BCUT2D eigenvalue weighted by Crippen LogP contribution is -2.11. The zero-order valence-corrected chi connectivity index (χ0v) is 12.8. The van der Waals surface area contributed by atoms with Crippen LogP contribution in [0.1, 0.15) is 18.6 Å². The van der Waals surface area contributed by atoms with Crippen LogP contribution in [0.25, 0.3) is 10.9 Å². The van der Waals surface area contributed by atoms with E-state index in [1.54, 1.807) is 31.4 Å². The van der Waals surface area contributed by atoms with Crippen LogP contribution >= 0.6 is 11.6 Å². The number of carbonyl (C=O) groups excluding carboxylic acids is 1. The molecule has 0 amide bonds. The summed E-state index contributed by atoms with van der Waals surface area (Å²) in [4.78, 5) is 15.5. The van der Waals surface area contributed by atoms with Gasteiger partial charge in [-0.15, -0.1) is 0 Å². The van der Waals surface area contributed by atoms with Gasteiger partial charge < -0.3 is 9.47 Å². The van der Waals surface area contributed by atoms with Crippen molar-refractivity contribution < 1.29 is 14.3 Å². The number of hydrogen-bond acceptors (Lipinski definition) is 5.